The number of rotatable bonds is 1. The van der Waals surface area contributed by atoms with E-state index in [0.29, 0.717) is 6.16 Å². The molecule has 0 aliphatic heterocycles. The summed E-state index contributed by atoms with van der Waals surface area (Å²) >= 11 is 0. The van der Waals surface area contributed by atoms with E-state index in [1.54, 1.807) is 6.92 Å². The molecule has 0 aromatic carbocycles. The predicted octanol–water partition coefficient (Wildman–Crippen LogP) is 0.741. The second-order valence-corrected chi connectivity index (χ2v) is 2.01. The molecule has 0 aliphatic carbocycles. The molecule has 1 atom stereocenters. The van der Waals surface area contributed by atoms with Crippen molar-refractivity contribution < 1.29 is 51.2 Å². The van der Waals surface area contributed by atoms with E-state index in [-0.39, 0.29) is 41.7 Å². The van der Waals surface area contributed by atoms with Crippen LogP contribution in [0.4, 0.5) is 0 Å². The summed E-state index contributed by atoms with van der Waals surface area (Å²) in [6, 6.07) is 0. The SMILES string of the molecule is CC[P+](=O)O.[Ce]. The van der Waals surface area contributed by atoms with Gasteiger partial charge in [-0.3, -0.25) is 0 Å². The van der Waals surface area contributed by atoms with Crippen molar-refractivity contribution in [2.75, 3.05) is 6.16 Å². The molecule has 2 nitrogen and oxygen atoms in total. The zero-order valence-electron chi connectivity index (χ0n) is 3.51. The largest absolute Gasteiger partial charge is 0.505 e. The second-order valence-electron chi connectivity index (χ2n) is 0.668. The summed E-state index contributed by atoms with van der Waals surface area (Å²) in [7, 11) is -1.85. The van der Waals surface area contributed by atoms with Crippen molar-refractivity contribution in [3.63, 3.8) is 0 Å². The van der Waals surface area contributed by atoms with E-state index < -0.39 is 8.03 Å². The molecule has 0 aliphatic rings. The van der Waals surface area contributed by atoms with Gasteiger partial charge in [-0.15, -0.1) is 0 Å². The van der Waals surface area contributed by atoms with Gasteiger partial charge in [-0.25, -0.2) is 0 Å². The molecule has 1 unspecified atom stereocenters. The minimum Gasteiger partial charge on any atom is -0.161 e. The van der Waals surface area contributed by atoms with Crippen LogP contribution in [0.2, 0.25) is 0 Å². The van der Waals surface area contributed by atoms with Crippen LogP contribution in [-0.4, -0.2) is 11.1 Å². The molecule has 0 heterocycles. The molecule has 0 radical (unpaired) electrons. The predicted molar refractivity (Wildman–Crippen MR) is 20.4 cm³/mol. The van der Waals surface area contributed by atoms with E-state index in [1.807, 2.05) is 0 Å². The van der Waals surface area contributed by atoms with Gasteiger partial charge >= 0.3 is 8.03 Å². The van der Waals surface area contributed by atoms with Crippen LogP contribution in [0.25, 0.3) is 0 Å². The maximum atomic E-state index is 9.52. The minimum atomic E-state index is -1.85. The third kappa shape index (κ3) is 9.06. The van der Waals surface area contributed by atoms with Crippen LogP contribution in [0.5, 0.6) is 0 Å². The third-order valence-corrected chi connectivity index (χ3v) is 0.812. The smallest absolute Gasteiger partial charge is 0.161 e. The fourth-order valence-electron chi connectivity index (χ4n) is 0. The van der Waals surface area contributed by atoms with Gasteiger partial charge in [0.1, 0.15) is 0 Å². The van der Waals surface area contributed by atoms with Crippen molar-refractivity contribution in [1.29, 1.82) is 0 Å². The van der Waals surface area contributed by atoms with Gasteiger partial charge in [-0.1, -0.05) is 0 Å². The molecule has 0 saturated heterocycles. The fourth-order valence-corrected chi connectivity index (χ4v) is 0. The van der Waals surface area contributed by atoms with E-state index in [4.69, 9.17) is 4.89 Å². The molecule has 0 aromatic rings. The molecule has 1 N–H and O–H groups in total. The molecule has 4 heteroatoms. The Morgan fingerprint density at radius 3 is 2.00 bits per heavy atom. The van der Waals surface area contributed by atoms with Crippen molar-refractivity contribution in [2.24, 2.45) is 0 Å². The summed E-state index contributed by atoms with van der Waals surface area (Å²) in [5.74, 6) is 0. The van der Waals surface area contributed by atoms with Gasteiger partial charge in [0.25, 0.3) is 0 Å². The Balaban J connectivity index is 0. The van der Waals surface area contributed by atoms with Gasteiger partial charge in [0.2, 0.25) is 0 Å². The molecule has 6 heavy (non-hydrogen) atoms. The maximum Gasteiger partial charge on any atom is 0.505 e. The average Bonchev–Trinajstić information content (AvgIpc) is 1.38. The molecular weight excluding hydrogens is 227 g/mol. The number of hydrogen-bond donors (Lipinski definition) is 1. The van der Waals surface area contributed by atoms with E-state index in [0.717, 1.165) is 0 Å². The van der Waals surface area contributed by atoms with Crippen molar-refractivity contribution >= 4 is 8.03 Å². The zero-order chi connectivity index (χ0) is 4.28. The van der Waals surface area contributed by atoms with E-state index in [2.05, 4.69) is 0 Å². The van der Waals surface area contributed by atoms with Gasteiger partial charge in [0.15, 0.2) is 6.16 Å². The van der Waals surface area contributed by atoms with Gasteiger partial charge in [-0.05, 0) is 11.5 Å². The zero-order valence-corrected chi connectivity index (χ0v) is 7.54. The first-order chi connectivity index (χ1) is 2.27. The van der Waals surface area contributed by atoms with Gasteiger partial charge < -0.3 is 0 Å². The Kier molecular flexibility index (Phi) is 11.2. The Morgan fingerprint density at radius 2 is 2.00 bits per heavy atom. The van der Waals surface area contributed by atoms with Crippen molar-refractivity contribution in [1.82, 2.24) is 0 Å². The molecule has 0 bridgehead atoms. The Bertz CT molecular complexity index is 46.8. The van der Waals surface area contributed by atoms with Crippen molar-refractivity contribution in [2.45, 2.75) is 6.92 Å². The van der Waals surface area contributed by atoms with Crippen LogP contribution in [0.3, 0.4) is 0 Å². The van der Waals surface area contributed by atoms with Gasteiger partial charge in [0.05, 0.1) is 0 Å². The van der Waals surface area contributed by atoms with Crippen LogP contribution in [0.15, 0.2) is 0 Å². The monoisotopic (exact) mass is 233 g/mol. The Morgan fingerprint density at radius 1 is 1.83 bits per heavy atom. The maximum absolute atomic E-state index is 9.52. The fraction of sp³-hybridized carbons (Fsp3) is 1.00. The molecule has 34 valence electrons. The number of hydrogen-bond acceptors (Lipinski definition) is 1. The molecule has 0 amide bonds. The quantitative estimate of drug-likeness (QED) is 0.678. The first-order valence-electron chi connectivity index (χ1n) is 1.41. The third-order valence-electron chi connectivity index (χ3n) is 0.271. The topological polar surface area (TPSA) is 37.3 Å². The van der Waals surface area contributed by atoms with Crippen LogP contribution in [0.1, 0.15) is 6.92 Å². The van der Waals surface area contributed by atoms with Crippen molar-refractivity contribution in [3.05, 3.63) is 0 Å². The Hall–Kier alpha value is 1.44. The van der Waals surface area contributed by atoms with Crippen LogP contribution in [0, 0.1) is 41.7 Å². The van der Waals surface area contributed by atoms with Gasteiger partial charge in [0, 0.05) is 41.7 Å². The van der Waals surface area contributed by atoms with Crippen LogP contribution in [-0.2, 0) is 4.57 Å². The summed E-state index contributed by atoms with van der Waals surface area (Å²) in [5, 5.41) is 0. The molecule has 0 aromatic heterocycles. The van der Waals surface area contributed by atoms with Crippen LogP contribution < -0.4 is 0 Å². The summed E-state index contributed by atoms with van der Waals surface area (Å²) < 4.78 is 9.52. The molecule has 0 fully saturated rings. The van der Waals surface area contributed by atoms with E-state index in [9.17, 15) is 4.57 Å². The summed E-state index contributed by atoms with van der Waals surface area (Å²) in [5.41, 5.74) is 0. The molecule has 0 saturated carbocycles. The Labute approximate surface area is 71.6 Å². The first kappa shape index (κ1) is 10.4. The molecule has 0 rings (SSSR count). The molecular formula is C2H6CeO2P+. The normalized spacial score (nSPS) is 9.33. The van der Waals surface area contributed by atoms with Crippen LogP contribution >= 0.6 is 8.03 Å². The van der Waals surface area contributed by atoms with Gasteiger partial charge in [-0.2, -0.15) is 4.89 Å². The summed E-state index contributed by atoms with van der Waals surface area (Å²) in [6.07, 6.45) is 0.370. The minimum absolute atomic E-state index is 0. The summed E-state index contributed by atoms with van der Waals surface area (Å²) in [6.45, 7) is 1.67. The average molecular weight is 233 g/mol. The van der Waals surface area contributed by atoms with E-state index >= 15 is 0 Å². The molecule has 0 spiro atoms. The first-order valence-corrected chi connectivity index (χ1v) is 2.80. The van der Waals surface area contributed by atoms with E-state index in [1.165, 1.54) is 0 Å². The standard InChI is InChI=1S/C2H5O2P.Ce/c1-2-5(3)4;/h2H2,1H3;/p+1. The van der Waals surface area contributed by atoms with Crippen molar-refractivity contribution in [3.8, 4) is 0 Å². The second kappa shape index (κ2) is 6.44. The summed E-state index contributed by atoms with van der Waals surface area (Å²) in [4.78, 5) is 7.87.